The van der Waals surface area contributed by atoms with Gasteiger partial charge < -0.3 is 16.2 Å². The lowest BCUT2D eigenvalue weighted by Crippen LogP contribution is -2.54. The van der Waals surface area contributed by atoms with Crippen molar-refractivity contribution in [2.24, 2.45) is 11.7 Å². The second kappa shape index (κ2) is 5.63. The average Bonchev–Trinajstić information content (AvgIpc) is 3.24. The third-order valence-corrected chi connectivity index (χ3v) is 3.88. The molecule has 1 aliphatic rings. The maximum absolute atomic E-state index is 12.1. The number of rotatable bonds is 6. The van der Waals surface area contributed by atoms with E-state index in [1.165, 1.54) is 0 Å². The molecule has 108 valence electrons. The minimum atomic E-state index is -0.957. The molecule has 1 saturated carbocycles. The zero-order valence-corrected chi connectivity index (χ0v) is 11.5. The molecule has 1 fully saturated rings. The van der Waals surface area contributed by atoms with Crippen molar-refractivity contribution >= 4 is 11.9 Å². The van der Waals surface area contributed by atoms with Gasteiger partial charge in [-0.25, -0.2) is 0 Å². The van der Waals surface area contributed by atoms with Gasteiger partial charge in [-0.15, -0.1) is 0 Å². The van der Waals surface area contributed by atoms with Gasteiger partial charge in [-0.2, -0.15) is 0 Å². The lowest BCUT2D eigenvalue weighted by molar-refractivity contribution is -0.138. The number of hydrogen-bond donors (Lipinski definition) is 3. The molecule has 0 spiro atoms. The van der Waals surface area contributed by atoms with E-state index in [2.05, 4.69) is 5.32 Å². The number of nitrogens with one attached hydrogen (secondary N) is 1. The van der Waals surface area contributed by atoms with Gasteiger partial charge in [-0.3, -0.25) is 9.59 Å². The van der Waals surface area contributed by atoms with Crippen LogP contribution < -0.4 is 11.1 Å². The largest absolute Gasteiger partial charge is 0.481 e. The molecule has 2 rings (SSSR count). The summed E-state index contributed by atoms with van der Waals surface area (Å²) in [5, 5.41) is 12.0. The highest BCUT2D eigenvalue weighted by atomic mass is 16.4. The molecule has 1 aromatic carbocycles. The Hall–Kier alpha value is -1.88. The van der Waals surface area contributed by atoms with Crippen molar-refractivity contribution in [3.63, 3.8) is 0 Å². The molecule has 5 nitrogen and oxygen atoms in total. The standard InChI is InChI=1S/C15H20N2O3/c1-15(16,11-7-8-11)14(20)17-9-12(13(18)19)10-5-3-2-4-6-10/h2-6,11-12H,7-9,16H2,1H3,(H,17,20)(H,18,19). The minimum Gasteiger partial charge on any atom is -0.481 e. The number of carboxylic acid groups (broad SMARTS) is 1. The Morgan fingerprint density at radius 3 is 2.50 bits per heavy atom. The monoisotopic (exact) mass is 276 g/mol. The third-order valence-electron chi connectivity index (χ3n) is 3.88. The zero-order chi connectivity index (χ0) is 14.8. The molecule has 0 aromatic heterocycles. The summed E-state index contributed by atoms with van der Waals surface area (Å²) in [4.78, 5) is 23.4. The number of amides is 1. The van der Waals surface area contributed by atoms with Crippen LogP contribution in [0.1, 0.15) is 31.2 Å². The zero-order valence-electron chi connectivity index (χ0n) is 11.5. The van der Waals surface area contributed by atoms with Crippen LogP contribution >= 0.6 is 0 Å². The van der Waals surface area contributed by atoms with Crippen molar-refractivity contribution in [3.05, 3.63) is 35.9 Å². The van der Waals surface area contributed by atoms with Crippen LogP contribution in [0.2, 0.25) is 0 Å². The molecule has 4 N–H and O–H groups in total. The number of carbonyl (C=O) groups is 2. The van der Waals surface area contributed by atoms with Gasteiger partial charge in [0.25, 0.3) is 0 Å². The molecule has 1 aliphatic carbocycles. The molecular weight excluding hydrogens is 256 g/mol. The molecule has 5 heteroatoms. The fraction of sp³-hybridized carbons (Fsp3) is 0.467. The average molecular weight is 276 g/mol. The molecule has 2 unspecified atom stereocenters. The summed E-state index contributed by atoms with van der Waals surface area (Å²) in [6.07, 6.45) is 1.92. The van der Waals surface area contributed by atoms with E-state index in [1.54, 1.807) is 31.2 Å². The Morgan fingerprint density at radius 1 is 1.40 bits per heavy atom. The summed E-state index contributed by atoms with van der Waals surface area (Å²) in [7, 11) is 0. The van der Waals surface area contributed by atoms with Crippen molar-refractivity contribution in [2.75, 3.05) is 6.54 Å². The molecule has 0 radical (unpaired) electrons. The molecule has 0 bridgehead atoms. The Balaban J connectivity index is 2.00. The first-order valence-corrected chi connectivity index (χ1v) is 6.78. The van der Waals surface area contributed by atoms with Gasteiger partial charge in [0.05, 0.1) is 11.5 Å². The Morgan fingerprint density at radius 2 is 2.00 bits per heavy atom. The molecule has 1 amide bonds. The molecule has 0 aliphatic heterocycles. The molecular formula is C15H20N2O3. The number of aliphatic carboxylic acids is 1. The minimum absolute atomic E-state index is 0.0533. The molecule has 0 heterocycles. The van der Waals surface area contributed by atoms with Crippen LogP contribution in [0.25, 0.3) is 0 Å². The van der Waals surface area contributed by atoms with E-state index in [-0.39, 0.29) is 18.4 Å². The van der Waals surface area contributed by atoms with Crippen LogP contribution in [0, 0.1) is 5.92 Å². The van der Waals surface area contributed by atoms with E-state index in [4.69, 9.17) is 5.73 Å². The third kappa shape index (κ3) is 3.17. The van der Waals surface area contributed by atoms with E-state index in [9.17, 15) is 14.7 Å². The fourth-order valence-corrected chi connectivity index (χ4v) is 2.29. The lowest BCUT2D eigenvalue weighted by Gasteiger charge is -2.24. The van der Waals surface area contributed by atoms with Crippen LogP contribution in [0.5, 0.6) is 0 Å². The molecule has 20 heavy (non-hydrogen) atoms. The van der Waals surface area contributed by atoms with Crippen LogP contribution in [0.4, 0.5) is 0 Å². The number of carboxylic acids is 1. The number of nitrogens with two attached hydrogens (primary N) is 1. The smallest absolute Gasteiger partial charge is 0.312 e. The van der Waals surface area contributed by atoms with Gasteiger partial charge in [-0.05, 0) is 31.2 Å². The molecule has 1 aromatic rings. The van der Waals surface area contributed by atoms with Crippen LogP contribution in [0.3, 0.4) is 0 Å². The predicted molar refractivity (Wildman–Crippen MR) is 75.1 cm³/mol. The Labute approximate surface area is 118 Å². The summed E-state index contributed by atoms with van der Waals surface area (Å²) in [6.45, 7) is 1.76. The number of hydrogen-bond acceptors (Lipinski definition) is 3. The first-order chi connectivity index (χ1) is 9.43. The number of carbonyl (C=O) groups excluding carboxylic acids is 1. The van der Waals surface area contributed by atoms with Crippen LogP contribution in [-0.2, 0) is 9.59 Å². The quantitative estimate of drug-likeness (QED) is 0.725. The van der Waals surface area contributed by atoms with E-state index in [0.29, 0.717) is 5.56 Å². The summed E-state index contributed by atoms with van der Waals surface area (Å²) >= 11 is 0. The van der Waals surface area contributed by atoms with Gasteiger partial charge in [0, 0.05) is 6.54 Å². The van der Waals surface area contributed by atoms with Gasteiger partial charge >= 0.3 is 5.97 Å². The molecule has 0 saturated heterocycles. The van der Waals surface area contributed by atoms with Crippen molar-refractivity contribution < 1.29 is 14.7 Å². The van der Waals surface area contributed by atoms with E-state index >= 15 is 0 Å². The number of benzene rings is 1. The summed E-state index contributed by atoms with van der Waals surface area (Å²) in [5.41, 5.74) is 5.78. The van der Waals surface area contributed by atoms with Gasteiger partial charge in [0.2, 0.25) is 5.91 Å². The van der Waals surface area contributed by atoms with E-state index < -0.39 is 17.4 Å². The highest BCUT2D eigenvalue weighted by molar-refractivity contribution is 5.87. The van der Waals surface area contributed by atoms with E-state index in [1.807, 2.05) is 6.07 Å². The highest BCUT2D eigenvalue weighted by Crippen LogP contribution is 2.38. The van der Waals surface area contributed by atoms with Crippen molar-refractivity contribution in [2.45, 2.75) is 31.2 Å². The first-order valence-electron chi connectivity index (χ1n) is 6.78. The maximum atomic E-state index is 12.1. The highest BCUT2D eigenvalue weighted by Gasteiger charge is 2.44. The van der Waals surface area contributed by atoms with Crippen LogP contribution in [0.15, 0.2) is 30.3 Å². The van der Waals surface area contributed by atoms with Crippen molar-refractivity contribution in [1.29, 1.82) is 0 Å². The van der Waals surface area contributed by atoms with Crippen LogP contribution in [-0.4, -0.2) is 29.1 Å². The maximum Gasteiger partial charge on any atom is 0.312 e. The lowest BCUT2D eigenvalue weighted by atomic mass is 9.95. The Bertz CT molecular complexity index is 495. The predicted octanol–water partition coefficient (Wildman–Crippen LogP) is 1.10. The summed E-state index contributed by atoms with van der Waals surface area (Å²) in [6, 6.07) is 8.88. The second-order valence-corrected chi connectivity index (χ2v) is 5.57. The normalized spacial score (nSPS) is 18.9. The van der Waals surface area contributed by atoms with Gasteiger partial charge in [0.15, 0.2) is 0 Å². The van der Waals surface area contributed by atoms with Crippen molar-refractivity contribution in [1.82, 2.24) is 5.32 Å². The topological polar surface area (TPSA) is 92.4 Å². The SMILES string of the molecule is CC(N)(C(=O)NCC(C(=O)O)c1ccccc1)C1CC1. The second-order valence-electron chi connectivity index (χ2n) is 5.57. The Kier molecular flexibility index (Phi) is 4.09. The summed E-state index contributed by atoms with van der Waals surface area (Å²) < 4.78 is 0. The van der Waals surface area contributed by atoms with Gasteiger partial charge in [-0.1, -0.05) is 30.3 Å². The fourth-order valence-electron chi connectivity index (χ4n) is 2.29. The molecule has 2 atom stereocenters. The van der Waals surface area contributed by atoms with Crippen molar-refractivity contribution in [3.8, 4) is 0 Å². The summed E-state index contributed by atoms with van der Waals surface area (Å²) in [5.74, 6) is -1.78. The van der Waals surface area contributed by atoms with E-state index in [0.717, 1.165) is 12.8 Å². The van der Waals surface area contributed by atoms with Gasteiger partial charge in [0.1, 0.15) is 0 Å². The first kappa shape index (κ1) is 14.5.